The Kier molecular flexibility index (Phi) is 21.4. The van der Waals surface area contributed by atoms with Gasteiger partial charge in [-0.15, -0.1) is 5.10 Å². The lowest BCUT2D eigenvalue weighted by Crippen LogP contribution is -2.63. The average molecular weight is 930 g/mol. The first kappa shape index (κ1) is 53.8. The molecule has 2 aliphatic heterocycles. The fraction of sp³-hybridized carbons (Fsp3) is 0.623. The number of rotatable bonds is 18. The quantitative estimate of drug-likeness (QED) is 0.0815. The fourth-order valence-corrected chi connectivity index (χ4v) is 9.52. The summed E-state index contributed by atoms with van der Waals surface area (Å²) in [6, 6.07) is 18.1. The maximum atomic E-state index is 14.0. The molecule has 14 heteroatoms. The third-order valence-electron chi connectivity index (χ3n) is 13.7. The molecule has 0 saturated carbocycles. The maximum Gasteiger partial charge on any atom is 0.308 e. The SMILES string of the molecule is CCCCCc1ccc(-c2cn(CCN(CC[C@H]3C[C@@H](C)C(=O)/C=C/C(C)=C/[C@H](CO)[C@@H](CC)OC(=O)C[C@@H](O)[C@H](C)[C@H]3O[C@@H]3O[C@H](C)[C@@H](O)C(N(C)C)C3O)Cc3ccccc3)nn2)cc1. The molecule has 0 aliphatic carbocycles. The molecule has 67 heavy (non-hydrogen) atoms. The van der Waals surface area contributed by atoms with Gasteiger partial charge in [-0.3, -0.25) is 19.2 Å². The molecule has 2 aromatic carbocycles. The van der Waals surface area contributed by atoms with Crippen molar-refractivity contribution in [2.45, 2.75) is 155 Å². The molecule has 1 fully saturated rings. The molecule has 5 rings (SSSR count). The predicted molar refractivity (Wildman–Crippen MR) is 259 cm³/mol. The van der Waals surface area contributed by atoms with E-state index in [9.17, 15) is 30.0 Å². The number of aromatic nitrogens is 3. The van der Waals surface area contributed by atoms with Crippen LogP contribution in [0.2, 0.25) is 0 Å². The smallest absolute Gasteiger partial charge is 0.308 e. The molecule has 370 valence electrons. The highest BCUT2D eigenvalue weighted by atomic mass is 16.7. The monoisotopic (exact) mass is 930 g/mol. The minimum Gasteiger partial charge on any atom is -0.462 e. The largest absolute Gasteiger partial charge is 0.462 e. The number of unbranched alkanes of at least 4 members (excludes halogenated alkanes) is 2. The van der Waals surface area contributed by atoms with Gasteiger partial charge >= 0.3 is 5.97 Å². The second-order valence-corrected chi connectivity index (χ2v) is 19.3. The first-order valence-corrected chi connectivity index (χ1v) is 24.6. The molecule has 0 spiro atoms. The van der Waals surface area contributed by atoms with Gasteiger partial charge in [0.15, 0.2) is 12.1 Å². The highest BCUT2D eigenvalue weighted by Crippen LogP contribution is 2.35. The molecule has 3 aromatic rings. The maximum absolute atomic E-state index is 14.0. The van der Waals surface area contributed by atoms with Gasteiger partial charge in [0, 0.05) is 36.4 Å². The summed E-state index contributed by atoms with van der Waals surface area (Å²) in [5.74, 6) is -2.80. The Balaban J connectivity index is 1.47. The number of cyclic esters (lactones) is 1. The van der Waals surface area contributed by atoms with Crippen LogP contribution in [0.25, 0.3) is 11.3 Å². The van der Waals surface area contributed by atoms with Crippen molar-refractivity contribution < 1.29 is 44.2 Å². The van der Waals surface area contributed by atoms with E-state index in [4.69, 9.17) is 14.2 Å². The number of hydrogen-bond acceptors (Lipinski definition) is 13. The van der Waals surface area contributed by atoms with E-state index in [1.807, 2.05) is 62.8 Å². The molecule has 12 atom stereocenters. The third-order valence-corrected chi connectivity index (χ3v) is 13.7. The van der Waals surface area contributed by atoms with Gasteiger partial charge in [0.1, 0.15) is 17.9 Å². The zero-order chi connectivity index (χ0) is 48.6. The van der Waals surface area contributed by atoms with Crippen molar-refractivity contribution in [2.24, 2.45) is 23.7 Å². The number of aliphatic hydroxyl groups excluding tert-OH is 4. The molecule has 0 amide bonds. The van der Waals surface area contributed by atoms with Crippen LogP contribution >= 0.6 is 0 Å². The van der Waals surface area contributed by atoms with Crippen molar-refractivity contribution in [2.75, 3.05) is 33.8 Å². The van der Waals surface area contributed by atoms with Gasteiger partial charge in [-0.2, -0.15) is 0 Å². The number of aliphatic hydroxyl groups is 4. The molecule has 0 bridgehead atoms. The fourth-order valence-electron chi connectivity index (χ4n) is 9.52. The number of ether oxygens (including phenoxy) is 3. The number of esters is 1. The second kappa shape index (κ2) is 26.6. The molecule has 2 unspecified atom stereocenters. The molecule has 1 aromatic heterocycles. The zero-order valence-corrected chi connectivity index (χ0v) is 41.2. The number of hydrogen-bond donors (Lipinski definition) is 4. The van der Waals surface area contributed by atoms with E-state index < -0.39 is 78.6 Å². The van der Waals surface area contributed by atoms with Gasteiger partial charge in [0.05, 0.1) is 56.2 Å². The lowest BCUT2D eigenvalue weighted by atomic mass is 9.79. The number of aryl methyl sites for hydroxylation is 1. The highest BCUT2D eigenvalue weighted by Gasteiger charge is 2.47. The lowest BCUT2D eigenvalue weighted by Gasteiger charge is -2.46. The van der Waals surface area contributed by atoms with Gasteiger partial charge < -0.3 is 39.5 Å². The van der Waals surface area contributed by atoms with Crippen LogP contribution in [0.1, 0.15) is 97.6 Å². The van der Waals surface area contributed by atoms with Crippen LogP contribution in [-0.4, -0.2) is 140 Å². The van der Waals surface area contributed by atoms with Crippen LogP contribution in [0.15, 0.2) is 84.6 Å². The Labute approximate surface area is 399 Å². The summed E-state index contributed by atoms with van der Waals surface area (Å²) in [6.45, 7) is 13.5. The molecule has 3 heterocycles. The van der Waals surface area contributed by atoms with E-state index in [2.05, 4.69) is 58.5 Å². The van der Waals surface area contributed by atoms with Crippen LogP contribution in [0.4, 0.5) is 0 Å². The number of carbonyl (C=O) groups is 2. The molecule has 4 N–H and O–H groups in total. The van der Waals surface area contributed by atoms with Gasteiger partial charge in [-0.05, 0) is 89.7 Å². The molecule has 1 saturated heterocycles. The molecular formula is C53H79N5O9. The van der Waals surface area contributed by atoms with Crippen LogP contribution in [0.5, 0.6) is 0 Å². The number of benzene rings is 2. The number of carbonyl (C=O) groups excluding carboxylic acids is 2. The van der Waals surface area contributed by atoms with E-state index in [1.165, 1.54) is 24.8 Å². The Morgan fingerprint density at radius 2 is 1.64 bits per heavy atom. The van der Waals surface area contributed by atoms with Crippen LogP contribution in [-0.2, 0) is 43.3 Å². The Morgan fingerprint density at radius 1 is 0.910 bits per heavy atom. The molecule has 0 radical (unpaired) electrons. The topological polar surface area (TPSA) is 180 Å². The van der Waals surface area contributed by atoms with E-state index >= 15 is 0 Å². The summed E-state index contributed by atoms with van der Waals surface area (Å²) in [5, 5.41) is 54.1. The minimum atomic E-state index is -1.26. The number of nitrogens with zero attached hydrogens (tertiary/aromatic N) is 5. The zero-order valence-electron chi connectivity index (χ0n) is 41.2. The van der Waals surface area contributed by atoms with Gasteiger partial charge in [0.2, 0.25) is 0 Å². The molecule has 2 aliphatic rings. The third kappa shape index (κ3) is 15.7. The number of ketones is 1. The van der Waals surface area contributed by atoms with E-state index in [1.54, 1.807) is 38.1 Å². The van der Waals surface area contributed by atoms with Crippen molar-refractivity contribution in [3.8, 4) is 11.3 Å². The van der Waals surface area contributed by atoms with Gasteiger partial charge in [0.25, 0.3) is 0 Å². The summed E-state index contributed by atoms with van der Waals surface area (Å²) in [7, 11) is 3.55. The van der Waals surface area contributed by atoms with E-state index in [0.717, 1.165) is 28.8 Å². The lowest BCUT2D eigenvalue weighted by molar-refractivity contribution is -0.304. The van der Waals surface area contributed by atoms with Crippen LogP contribution in [0.3, 0.4) is 0 Å². The second-order valence-electron chi connectivity index (χ2n) is 19.3. The van der Waals surface area contributed by atoms with Crippen molar-refractivity contribution >= 4 is 11.8 Å². The summed E-state index contributed by atoms with van der Waals surface area (Å²) in [5.41, 5.74) is 5.01. The van der Waals surface area contributed by atoms with E-state index in [-0.39, 0.29) is 18.8 Å². The number of allylic oxidation sites excluding steroid dienone is 3. The average Bonchev–Trinajstić information content (AvgIpc) is 3.79. The van der Waals surface area contributed by atoms with Crippen LogP contribution in [0, 0.1) is 23.7 Å². The highest BCUT2D eigenvalue weighted by molar-refractivity contribution is 5.91. The molecular weight excluding hydrogens is 851 g/mol. The summed E-state index contributed by atoms with van der Waals surface area (Å²) < 4.78 is 20.8. The van der Waals surface area contributed by atoms with Crippen molar-refractivity contribution in [3.05, 3.63) is 95.7 Å². The summed E-state index contributed by atoms with van der Waals surface area (Å²) >= 11 is 0. The summed E-state index contributed by atoms with van der Waals surface area (Å²) in [6.07, 6.45) is 5.81. The molecule has 14 nitrogen and oxygen atoms in total. The van der Waals surface area contributed by atoms with E-state index in [0.29, 0.717) is 45.4 Å². The summed E-state index contributed by atoms with van der Waals surface area (Å²) in [4.78, 5) is 31.6. The first-order chi connectivity index (χ1) is 32.1. The Morgan fingerprint density at radius 3 is 2.31 bits per heavy atom. The van der Waals surface area contributed by atoms with Gasteiger partial charge in [-0.25, -0.2) is 0 Å². The Hall–Kier alpha value is -4.12. The minimum absolute atomic E-state index is 0.0940. The number of likely N-dealkylation sites (N-methyl/N-ethyl adjacent to an activating group) is 1. The standard InChI is InChI=1S/C53H79N5O9/c1-9-11-13-16-39-20-22-41(23-21-39)44-33-58(55-54-44)28-27-57(32-40-17-14-12-15-18-40)26-25-42-30-36(4)45(60)24-19-35(3)29-43(34-59)47(10-2)66-48(62)31-46(61)37(5)52(42)67-53-51(64)49(56(7)8)50(63)38(6)65-53/h12,14-15,17-24,29,33,36-38,42-43,46-47,49-53,59,61,63-64H,9-11,13,16,25-28,30-32,34H2,1-8H3/b24-19+,35-29+/t36-,37+,38-,42+,43-,46-,47-,49?,50-,51?,52-,53+/m1/s1. The van der Waals surface area contributed by atoms with Gasteiger partial charge in [-0.1, -0.05) is 118 Å². The predicted octanol–water partition coefficient (Wildman–Crippen LogP) is 6.40. The first-order valence-electron chi connectivity index (χ1n) is 24.6. The van der Waals surface area contributed by atoms with Crippen molar-refractivity contribution in [1.29, 1.82) is 0 Å². The van der Waals surface area contributed by atoms with Crippen molar-refractivity contribution in [3.63, 3.8) is 0 Å². The normalized spacial score (nSPS) is 30.6. The van der Waals surface area contributed by atoms with Crippen LogP contribution < -0.4 is 0 Å². The Bertz CT molecular complexity index is 2010. The van der Waals surface area contributed by atoms with Crippen molar-refractivity contribution in [1.82, 2.24) is 24.8 Å².